The van der Waals surface area contributed by atoms with E-state index in [4.69, 9.17) is 0 Å². The van der Waals surface area contributed by atoms with Crippen LogP contribution in [0.2, 0.25) is 0 Å². The number of carbonyl (C=O) groups excluding carboxylic acids is 2. The van der Waals surface area contributed by atoms with Crippen molar-refractivity contribution in [1.29, 1.82) is 0 Å². The van der Waals surface area contributed by atoms with Crippen molar-refractivity contribution in [2.45, 2.75) is 36.1 Å². The SMILES string of the molecule is CCN(CC)S(=O)(=O)c1ccc(S(=O)(=O)Nc2cccc(C3(C)NC(=O)NC3=O)c2)cc1. The van der Waals surface area contributed by atoms with Crippen molar-refractivity contribution in [3.63, 3.8) is 0 Å². The van der Waals surface area contributed by atoms with Crippen LogP contribution in [0.3, 0.4) is 0 Å². The predicted molar refractivity (Wildman–Crippen MR) is 118 cm³/mol. The predicted octanol–water partition coefficient (Wildman–Crippen LogP) is 1.57. The lowest BCUT2D eigenvalue weighted by Gasteiger charge is -2.22. The zero-order chi connectivity index (χ0) is 23.7. The summed E-state index contributed by atoms with van der Waals surface area (Å²) in [5.74, 6) is -0.549. The van der Waals surface area contributed by atoms with E-state index in [0.29, 0.717) is 18.7 Å². The Morgan fingerprint density at radius 1 is 0.938 bits per heavy atom. The van der Waals surface area contributed by atoms with Gasteiger partial charge in [0.15, 0.2) is 0 Å². The lowest BCUT2D eigenvalue weighted by Crippen LogP contribution is -2.40. The second-order valence-electron chi connectivity index (χ2n) is 7.28. The van der Waals surface area contributed by atoms with Crippen molar-refractivity contribution in [2.75, 3.05) is 17.8 Å². The standard InChI is InChI=1S/C20H24N4O6S2/c1-4-24(5-2)32(29,30)17-11-9-16(10-12-17)31(27,28)23-15-8-6-7-14(13-15)20(3)18(25)21-19(26)22-20/h6-13,23H,4-5H2,1-3H3,(H2,21,22,25,26). The van der Waals surface area contributed by atoms with Crippen molar-refractivity contribution in [2.24, 2.45) is 0 Å². The molecule has 1 atom stereocenters. The minimum atomic E-state index is -4.04. The molecule has 2 aromatic carbocycles. The van der Waals surface area contributed by atoms with Gasteiger partial charge in [0, 0.05) is 18.8 Å². The van der Waals surface area contributed by atoms with E-state index >= 15 is 0 Å². The molecule has 0 bridgehead atoms. The number of rotatable bonds is 8. The molecule has 12 heteroatoms. The summed E-state index contributed by atoms with van der Waals surface area (Å²) < 4.78 is 54.5. The molecule has 0 radical (unpaired) electrons. The number of anilines is 1. The Bertz CT molecular complexity index is 1260. The van der Waals surface area contributed by atoms with Gasteiger partial charge in [-0.25, -0.2) is 21.6 Å². The number of benzene rings is 2. The van der Waals surface area contributed by atoms with Crippen LogP contribution in [-0.2, 0) is 30.4 Å². The van der Waals surface area contributed by atoms with E-state index in [2.05, 4.69) is 15.4 Å². The van der Waals surface area contributed by atoms with Crippen LogP contribution >= 0.6 is 0 Å². The summed E-state index contributed by atoms with van der Waals surface area (Å²) in [6.07, 6.45) is 0. The van der Waals surface area contributed by atoms with Crippen LogP contribution in [-0.4, -0.2) is 46.2 Å². The molecule has 1 unspecified atom stereocenters. The van der Waals surface area contributed by atoms with Crippen LogP contribution < -0.4 is 15.4 Å². The Kier molecular flexibility index (Phi) is 6.31. The maximum atomic E-state index is 12.8. The number of hydrogen-bond donors (Lipinski definition) is 3. The average Bonchev–Trinajstić information content (AvgIpc) is 3.01. The van der Waals surface area contributed by atoms with Crippen LogP contribution in [0.25, 0.3) is 0 Å². The topological polar surface area (TPSA) is 142 Å². The van der Waals surface area contributed by atoms with Crippen molar-refractivity contribution in [1.82, 2.24) is 14.9 Å². The highest BCUT2D eigenvalue weighted by molar-refractivity contribution is 7.92. The van der Waals surface area contributed by atoms with Gasteiger partial charge < -0.3 is 5.32 Å². The van der Waals surface area contributed by atoms with Crippen molar-refractivity contribution in [3.8, 4) is 0 Å². The van der Waals surface area contributed by atoms with Crippen molar-refractivity contribution < 1.29 is 26.4 Å². The minimum Gasteiger partial charge on any atom is -0.320 e. The van der Waals surface area contributed by atoms with Gasteiger partial charge in [-0.05, 0) is 48.9 Å². The Hall–Kier alpha value is -2.96. The third-order valence-corrected chi connectivity index (χ3v) is 8.68. The first-order chi connectivity index (χ1) is 14.9. The van der Waals surface area contributed by atoms with Gasteiger partial charge in [-0.2, -0.15) is 4.31 Å². The molecule has 1 heterocycles. The van der Waals surface area contributed by atoms with E-state index in [1.54, 1.807) is 26.0 Å². The Morgan fingerprint density at radius 2 is 1.53 bits per heavy atom. The molecular weight excluding hydrogens is 456 g/mol. The second-order valence-corrected chi connectivity index (χ2v) is 10.9. The zero-order valence-electron chi connectivity index (χ0n) is 17.7. The molecule has 0 spiro atoms. The summed E-state index contributed by atoms with van der Waals surface area (Å²) in [5.41, 5.74) is -0.766. The molecule has 3 amide bonds. The molecule has 3 rings (SSSR count). The van der Waals surface area contributed by atoms with Gasteiger partial charge in [-0.3, -0.25) is 14.8 Å². The van der Waals surface area contributed by atoms with Crippen LogP contribution in [0.1, 0.15) is 26.3 Å². The van der Waals surface area contributed by atoms with Gasteiger partial charge in [0.2, 0.25) is 10.0 Å². The summed E-state index contributed by atoms with van der Waals surface area (Å²) >= 11 is 0. The maximum Gasteiger partial charge on any atom is 0.322 e. The molecule has 0 aliphatic carbocycles. The number of carbonyl (C=O) groups is 2. The van der Waals surface area contributed by atoms with Crippen LogP contribution in [0.5, 0.6) is 0 Å². The number of nitrogens with zero attached hydrogens (tertiary/aromatic N) is 1. The maximum absolute atomic E-state index is 12.8. The molecule has 2 aromatic rings. The number of amides is 3. The van der Waals surface area contributed by atoms with Gasteiger partial charge in [0.05, 0.1) is 9.79 Å². The fraction of sp³-hybridized carbons (Fsp3) is 0.300. The number of urea groups is 1. The average molecular weight is 481 g/mol. The lowest BCUT2D eigenvalue weighted by molar-refractivity contribution is -0.123. The highest BCUT2D eigenvalue weighted by atomic mass is 32.2. The Balaban J connectivity index is 1.86. The molecule has 1 aliphatic heterocycles. The molecule has 172 valence electrons. The zero-order valence-corrected chi connectivity index (χ0v) is 19.4. The van der Waals surface area contributed by atoms with Gasteiger partial charge in [0.25, 0.3) is 15.9 Å². The van der Waals surface area contributed by atoms with Gasteiger partial charge in [-0.15, -0.1) is 0 Å². The van der Waals surface area contributed by atoms with E-state index in [0.717, 1.165) is 0 Å². The molecule has 1 aliphatic rings. The van der Waals surface area contributed by atoms with Crippen LogP contribution in [0, 0.1) is 0 Å². The lowest BCUT2D eigenvalue weighted by atomic mass is 9.92. The first kappa shape index (κ1) is 23.7. The van der Waals surface area contributed by atoms with E-state index in [1.165, 1.54) is 47.6 Å². The first-order valence-electron chi connectivity index (χ1n) is 9.81. The molecule has 0 saturated carbocycles. The van der Waals surface area contributed by atoms with E-state index in [-0.39, 0.29) is 15.5 Å². The first-order valence-corrected chi connectivity index (χ1v) is 12.7. The molecule has 10 nitrogen and oxygen atoms in total. The quantitative estimate of drug-likeness (QED) is 0.490. The molecule has 1 saturated heterocycles. The normalized spacial score (nSPS) is 19.0. The molecule has 32 heavy (non-hydrogen) atoms. The Labute approximate surface area is 187 Å². The third kappa shape index (κ3) is 4.33. The minimum absolute atomic E-state index is 0.00180. The van der Waals surface area contributed by atoms with Crippen molar-refractivity contribution in [3.05, 3.63) is 54.1 Å². The molecule has 1 fully saturated rings. The van der Waals surface area contributed by atoms with Crippen LogP contribution in [0.15, 0.2) is 58.3 Å². The Morgan fingerprint density at radius 3 is 2.06 bits per heavy atom. The van der Waals surface area contributed by atoms with E-state index in [9.17, 15) is 26.4 Å². The third-order valence-electron chi connectivity index (χ3n) is 5.21. The van der Waals surface area contributed by atoms with E-state index < -0.39 is 37.5 Å². The fourth-order valence-electron chi connectivity index (χ4n) is 3.36. The summed E-state index contributed by atoms with van der Waals surface area (Å²) in [7, 11) is -7.75. The highest BCUT2D eigenvalue weighted by Gasteiger charge is 2.43. The van der Waals surface area contributed by atoms with Gasteiger partial charge in [-0.1, -0.05) is 26.0 Å². The van der Waals surface area contributed by atoms with Crippen molar-refractivity contribution >= 4 is 37.7 Å². The second kappa shape index (κ2) is 8.52. The summed E-state index contributed by atoms with van der Waals surface area (Å²) in [6, 6.07) is 10.4. The number of hydrogen-bond acceptors (Lipinski definition) is 6. The monoisotopic (exact) mass is 480 g/mol. The molecule has 3 N–H and O–H groups in total. The largest absolute Gasteiger partial charge is 0.322 e. The molecule has 0 aromatic heterocycles. The summed E-state index contributed by atoms with van der Waals surface area (Å²) in [6.45, 7) is 5.55. The number of nitrogens with one attached hydrogen (secondary N) is 3. The van der Waals surface area contributed by atoms with Gasteiger partial charge in [0.1, 0.15) is 5.54 Å². The highest BCUT2D eigenvalue weighted by Crippen LogP contribution is 2.28. The number of sulfonamides is 2. The smallest absolute Gasteiger partial charge is 0.320 e. The van der Waals surface area contributed by atoms with E-state index in [1.807, 2.05) is 0 Å². The van der Waals surface area contributed by atoms with Gasteiger partial charge >= 0.3 is 6.03 Å². The summed E-state index contributed by atoms with van der Waals surface area (Å²) in [4.78, 5) is 23.5. The summed E-state index contributed by atoms with van der Waals surface area (Å²) in [5, 5.41) is 4.67. The number of imide groups is 1. The molecular formula is C20H24N4O6S2. The fourth-order valence-corrected chi connectivity index (χ4v) is 5.87. The van der Waals surface area contributed by atoms with Crippen LogP contribution in [0.4, 0.5) is 10.5 Å².